The molecule has 1 aromatic rings. The monoisotopic (exact) mass is 263 g/mol. The van der Waals surface area contributed by atoms with Gasteiger partial charge in [-0.05, 0) is 24.0 Å². The zero-order valence-electron chi connectivity index (χ0n) is 11.7. The Labute approximate surface area is 114 Å². The van der Waals surface area contributed by atoms with Crippen LogP contribution in [0, 0.1) is 11.7 Å². The van der Waals surface area contributed by atoms with Gasteiger partial charge in [-0.2, -0.15) is 0 Å². The fourth-order valence-corrected chi connectivity index (χ4v) is 2.90. The molecule has 1 aliphatic rings. The number of nitrogens with one attached hydrogen (secondary N) is 1. The molecule has 1 aromatic carbocycles. The van der Waals surface area contributed by atoms with Gasteiger partial charge in [0.1, 0.15) is 5.82 Å². The number of carbonyl (C=O) groups is 1. The van der Waals surface area contributed by atoms with Crippen LogP contribution in [0.15, 0.2) is 18.2 Å². The van der Waals surface area contributed by atoms with Crippen molar-refractivity contribution in [3.63, 3.8) is 0 Å². The average Bonchev–Trinajstić information content (AvgIpc) is 2.72. The van der Waals surface area contributed by atoms with Crippen molar-refractivity contribution in [3.05, 3.63) is 29.6 Å². The molecule has 19 heavy (non-hydrogen) atoms. The Morgan fingerprint density at radius 1 is 1.32 bits per heavy atom. The number of anilines is 1. The van der Waals surface area contributed by atoms with E-state index >= 15 is 0 Å². The predicted octanol–water partition coefficient (Wildman–Crippen LogP) is 4.47. The molecule has 104 valence electrons. The summed E-state index contributed by atoms with van der Waals surface area (Å²) in [6.07, 6.45) is 5.84. The second kappa shape index (κ2) is 6.18. The van der Waals surface area contributed by atoms with Crippen LogP contribution in [0.4, 0.5) is 10.1 Å². The summed E-state index contributed by atoms with van der Waals surface area (Å²) in [6, 6.07) is 4.95. The summed E-state index contributed by atoms with van der Waals surface area (Å²) in [4.78, 5) is 12.0. The quantitative estimate of drug-likeness (QED) is 0.754. The first-order valence-electron chi connectivity index (χ1n) is 7.24. The zero-order chi connectivity index (χ0) is 13.8. The van der Waals surface area contributed by atoms with Crippen molar-refractivity contribution in [1.82, 2.24) is 0 Å². The Balaban J connectivity index is 2.05. The van der Waals surface area contributed by atoms with E-state index < -0.39 is 0 Å². The summed E-state index contributed by atoms with van der Waals surface area (Å²) in [6.45, 7) is 4.28. The van der Waals surface area contributed by atoms with E-state index in [1.54, 1.807) is 6.07 Å². The lowest BCUT2D eigenvalue weighted by Gasteiger charge is -2.17. The Morgan fingerprint density at radius 2 is 2.11 bits per heavy atom. The second-order valence-electron chi connectivity index (χ2n) is 5.50. The number of carbonyl (C=O) groups excluding carboxylic acids is 1. The van der Waals surface area contributed by atoms with E-state index in [9.17, 15) is 9.18 Å². The molecule has 0 bridgehead atoms. The zero-order valence-corrected chi connectivity index (χ0v) is 11.7. The lowest BCUT2D eigenvalue weighted by Crippen LogP contribution is -2.19. The Hall–Kier alpha value is -1.38. The minimum atomic E-state index is -0.327. The lowest BCUT2D eigenvalue weighted by atomic mass is 9.85. The number of benzene rings is 1. The molecule has 2 rings (SSSR count). The fourth-order valence-electron chi connectivity index (χ4n) is 2.90. The van der Waals surface area contributed by atoms with Crippen LogP contribution in [0.1, 0.15) is 57.4 Å². The number of hydrogen-bond acceptors (Lipinski definition) is 1. The molecule has 0 radical (unpaired) electrons. The van der Waals surface area contributed by atoms with Crippen LogP contribution >= 0.6 is 0 Å². The average molecular weight is 263 g/mol. The normalized spacial score (nSPS) is 19.1. The molecule has 0 saturated carbocycles. The van der Waals surface area contributed by atoms with Crippen molar-refractivity contribution in [1.29, 1.82) is 0 Å². The number of fused-ring (bicyclic) bond motifs is 1. The molecule has 0 saturated heterocycles. The van der Waals surface area contributed by atoms with Gasteiger partial charge in [-0.3, -0.25) is 4.79 Å². The van der Waals surface area contributed by atoms with E-state index in [0.29, 0.717) is 5.69 Å². The molecule has 0 spiro atoms. The van der Waals surface area contributed by atoms with Crippen molar-refractivity contribution in [2.75, 3.05) is 5.32 Å². The largest absolute Gasteiger partial charge is 0.323 e. The first-order valence-corrected chi connectivity index (χ1v) is 7.24. The molecule has 3 heteroatoms. The van der Waals surface area contributed by atoms with Crippen LogP contribution in [0.3, 0.4) is 0 Å². The minimum Gasteiger partial charge on any atom is -0.323 e. The standard InChI is InChI=1S/C16H22FNO/c1-3-4-5-6-8-11(2)14-12-9-7-10-13(17)15(12)18-16(14)19/h7,9-11,14H,3-6,8H2,1-2H3,(H,18,19). The van der Waals surface area contributed by atoms with E-state index in [4.69, 9.17) is 0 Å². The maximum atomic E-state index is 13.6. The number of hydrogen-bond donors (Lipinski definition) is 1. The van der Waals surface area contributed by atoms with Gasteiger partial charge >= 0.3 is 0 Å². The maximum absolute atomic E-state index is 13.6. The van der Waals surface area contributed by atoms with E-state index in [2.05, 4.69) is 19.2 Å². The summed E-state index contributed by atoms with van der Waals surface area (Å²) >= 11 is 0. The van der Waals surface area contributed by atoms with Gasteiger partial charge in [-0.25, -0.2) is 4.39 Å². The predicted molar refractivity (Wildman–Crippen MR) is 75.7 cm³/mol. The van der Waals surface area contributed by atoms with E-state index in [-0.39, 0.29) is 23.6 Å². The van der Waals surface area contributed by atoms with Gasteiger partial charge in [-0.15, -0.1) is 0 Å². The van der Waals surface area contributed by atoms with E-state index in [0.717, 1.165) is 18.4 Å². The molecule has 2 unspecified atom stereocenters. The highest BCUT2D eigenvalue weighted by molar-refractivity contribution is 6.03. The number of para-hydroxylation sites is 1. The third-order valence-electron chi connectivity index (χ3n) is 3.99. The van der Waals surface area contributed by atoms with Crippen LogP contribution in [0.25, 0.3) is 0 Å². The molecular weight excluding hydrogens is 241 g/mol. The molecule has 0 aliphatic carbocycles. The molecule has 1 heterocycles. The number of amides is 1. The van der Waals surface area contributed by atoms with Gasteiger partial charge in [-0.1, -0.05) is 51.7 Å². The highest BCUT2D eigenvalue weighted by atomic mass is 19.1. The Bertz CT molecular complexity index is 458. The van der Waals surface area contributed by atoms with Crippen molar-refractivity contribution >= 4 is 11.6 Å². The SMILES string of the molecule is CCCCCCC(C)C1C(=O)Nc2c(F)cccc21. The summed E-state index contributed by atoms with van der Waals surface area (Å²) in [7, 11) is 0. The molecule has 0 fully saturated rings. The molecule has 1 N–H and O–H groups in total. The second-order valence-corrected chi connectivity index (χ2v) is 5.50. The summed E-state index contributed by atoms with van der Waals surface area (Å²) < 4.78 is 13.6. The van der Waals surface area contributed by atoms with Gasteiger partial charge in [0.25, 0.3) is 0 Å². The van der Waals surface area contributed by atoms with Crippen LogP contribution < -0.4 is 5.32 Å². The van der Waals surface area contributed by atoms with Gasteiger partial charge in [0, 0.05) is 0 Å². The van der Waals surface area contributed by atoms with Gasteiger partial charge in [0.15, 0.2) is 0 Å². The van der Waals surface area contributed by atoms with Crippen molar-refractivity contribution in [2.45, 2.75) is 51.9 Å². The molecular formula is C16H22FNO. The molecule has 1 amide bonds. The van der Waals surface area contributed by atoms with Gasteiger partial charge < -0.3 is 5.32 Å². The van der Waals surface area contributed by atoms with Crippen molar-refractivity contribution in [3.8, 4) is 0 Å². The lowest BCUT2D eigenvalue weighted by molar-refractivity contribution is -0.118. The smallest absolute Gasteiger partial charge is 0.232 e. The van der Waals surface area contributed by atoms with Crippen LogP contribution in [-0.2, 0) is 4.79 Å². The third-order valence-corrected chi connectivity index (χ3v) is 3.99. The van der Waals surface area contributed by atoms with E-state index in [1.807, 2.05) is 6.07 Å². The van der Waals surface area contributed by atoms with E-state index in [1.165, 1.54) is 25.3 Å². The minimum absolute atomic E-state index is 0.0527. The Kier molecular flexibility index (Phi) is 4.56. The first kappa shape index (κ1) is 14.0. The van der Waals surface area contributed by atoms with Gasteiger partial charge in [0.2, 0.25) is 5.91 Å². The molecule has 2 nitrogen and oxygen atoms in total. The third kappa shape index (κ3) is 2.96. The fraction of sp³-hybridized carbons (Fsp3) is 0.562. The number of halogens is 1. The number of rotatable bonds is 6. The Morgan fingerprint density at radius 3 is 2.84 bits per heavy atom. The highest BCUT2D eigenvalue weighted by Crippen LogP contribution is 2.40. The van der Waals surface area contributed by atoms with Gasteiger partial charge in [0.05, 0.1) is 11.6 Å². The highest BCUT2D eigenvalue weighted by Gasteiger charge is 2.35. The topological polar surface area (TPSA) is 29.1 Å². The molecule has 2 atom stereocenters. The maximum Gasteiger partial charge on any atom is 0.232 e. The van der Waals surface area contributed by atoms with Crippen molar-refractivity contribution in [2.24, 2.45) is 5.92 Å². The van der Waals surface area contributed by atoms with Crippen LogP contribution in [0.5, 0.6) is 0 Å². The summed E-state index contributed by atoms with van der Waals surface area (Å²) in [5, 5.41) is 2.68. The molecule has 0 aromatic heterocycles. The first-order chi connectivity index (χ1) is 9.15. The molecule has 1 aliphatic heterocycles. The van der Waals surface area contributed by atoms with Crippen LogP contribution in [-0.4, -0.2) is 5.91 Å². The van der Waals surface area contributed by atoms with Crippen molar-refractivity contribution < 1.29 is 9.18 Å². The van der Waals surface area contributed by atoms with Crippen LogP contribution in [0.2, 0.25) is 0 Å². The summed E-state index contributed by atoms with van der Waals surface area (Å²) in [5.41, 5.74) is 1.21. The number of unbranched alkanes of at least 4 members (excludes halogenated alkanes) is 3. The summed E-state index contributed by atoms with van der Waals surface area (Å²) in [5.74, 6) is -0.304.